The molecule has 0 heterocycles. The Hall–Kier alpha value is -1.77. The highest BCUT2D eigenvalue weighted by Gasteiger charge is 2.19. The molecule has 0 saturated carbocycles. The van der Waals surface area contributed by atoms with E-state index in [4.69, 9.17) is 4.74 Å². The molecule has 1 atom stereocenters. The zero-order valence-corrected chi connectivity index (χ0v) is 14.1. The summed E-state index contributed by atoms with van der Waals surface area (Å²) in [6.07, 6.45) is 11.2. The van der Waals surface area contributed by atoms with Crippen LogP contribution < -0.4 is 10.1 Å². The number of aryl methyl sites for hydroxylation is 1. The molecule has 23 heavy (non-hydrogen) atoms. The molecule has 3 nitrogen and oxygen atoms in total. The zero-order chi connectivity index (χ0) is 16.1. The quantitative estimate of drug-likeness (QED) is 0.836. The fourth-order valence-electron chi connectivity index (χ4n) is 3.51. The van der Waals surface area contributed by atoms with Crippen molar-refractivity contribution in [3.63, 3.8) is 0 Å². The Kier molecular flexibility index (Phi) is 5.37. The molecule has 2 aliphatic rings. The summed E-state index contributed by atoms with van der Waals surface area (Å²) in [5.41, 5.74) is 4.04. The van der Waals surface area contributed by atoms with Gasteiger partial charge in [-0.25, -0.2) is 0 Å². The molecular formula is C20H27NO2. The minimum absolute atomic E-state index is 0.0233. The highest BCUT2D eigenvalue weighted by Crippen LogP contribution is 2.30. The van der Waals surface area contributed by atoms with Crippen molar-refractivity contribution in [3.05, 3.63) is 41.0 Å². The molecule has 0 spiro atoms. The van der Waals surface area contributed by atoms with Gasteiger partial charge in [-0.2, -0.15) is 0 Å². The van der Waals surface area contributed by atoms with Crippen LogP contribution in [0.3, 0.4) is 0 Å². The van der Waals surface area contributed by atoms with Crippen molar-refractivity contribution in [2.45, 2.75) is 64.4 Å². The monoisotopic (exact) mass is 313 g/mol. The summed E-state index contributed by atoms with van der Waals surface area (Å²) in [4.78, 5) is 12.3. The lowest BCUT2D eigenvalue weighted by Gasteiger charge is -2.22. The Bertz CT molecular complexity index is 591. The standard InChI is InChI=1S/C20H27NO2/c1-15(20(22)21-14-16-8-3-2-4-9-16)23-19-13-7-11-17-10-5-6-12-18(17)19/h7-8,11,13,15H,2-6,9-10,12,14H2,1H3,(H,21,22). The zero-order valence-electron chi connectivity index (χ0n) is 14.1. The van der Waals surface area contributed by atoms with Crippen LogP contribution in [0.2, 0.25) is 0 Å². The molecule has 1 aromatic rings. The molecule has 0 aliphatic heterocycles. The molecule has 3 rings (SSSR count). The Morgan fingerprint density at radius 2 is 2.00 bits per heavy atom. The number of rotatable bonds is 5. The minimum Gasteiger partial charge on any atom is -0.481 e. The minimum atomic E-state index is -0.451. The van der Waals surface area contributed by atoms with E-state index in [-0.39, 0.29) is 5.91 Å². The van der Waals surface area contributed by atoms with E-state index >= 15 is 0 Å². The molecule has 1 N–H and O–H groups in total. The molecule has 0 saturated heterocycles. The highest BCUT2D eigenvalue weighted by molar-refractivity contribution is 5.81. The third kappa shape index (κ3) is 4.15. The third-order valence-corrected chi connectivity index (χ3v) is 4.90. The van der Waals surface area contributed by atoms with Crippen molar-refractivity contribution in [1.82, 2.24) is 5.32 Å². The van der Waals surface area contributed by atoms with Crippen molar-refractivity contribution in [3.8, 4) is 5.75 Å². The fourth-order valence-corrected chi connectivity index (χ4v) is 3.51. The lowest BCUT2D eigenvalue weighted by atomic mass is 9.91. The predicted molar refractivity (Wildman–Crippen MR) is 92.7 cm³/mol. The summed E-state index contributed by atoms with van der Waals surface area (Å²) < 4.78 is 5.98. The topological polar surface area (TPSA) is 38.3 Å². The van der Waals surface area contributed by atoms with E-state index in [2.05, 4.69) is 17.5 Å². The van der Waals surface area contributed by atoms with Gasteiger partial charge >= 0.3 is 0 Å². The first-order valence-corrected chi connectivity index (χ1v) is 8.97. The lowest BCUT2D eigenvalue weighted by Crippen LogP contribution is -2.37. The first-order valence-electron chi connectivity index (χ1n) is 8.97. The molecule has 3 heteroatoms. The first-order chi connectivity index (χ1) is 11.2. The van der Waals surface area contributed by atoms with Crippen LogP contribution in [0.25, 0.3) is 0 Å². The number of ether oxygens (including phenoxy) is 1. The van der Waals surface area contributed by atoms with Crippen LogP contribution in [0.5, 0.6) is 5.75 Å². The van der Waals surface area contributed by atoms with Gasteiger partial charge < -0.3 is 10.1 Å². The van der Waals surface area contributed by atoms with Crippen LogP contribution in [-0.4, -0.2) is 18.6 Å². The molecule has 0 bridgehead atoms. The van der Waals surface area contributed by atoms with Gasteiger partial charge in [0.2, 0.25) is 0 Å². The highest BCUT2D eigenvalue weighted by atomic mass is 16.5. The van der Waals surface area contributed by atoms with E-state index in [0.29, 0.717) is 6.54 Å². The Balaban J connectivity index is 1.57. The van der Waals surface area contributed by atoms with E-state index in [1.165, 1.54) is 42.4 Å². The summed E-state index contributed by atoms with van der Waals surface area (Å²) >= 11 is 0. The number of hydrogen-bond acceptors (Lipinski definition) is 2. The molecule has 0 aromatic heterocycles. The van der Waals surface area contributed by atoms with Gasteiger partial charge in [0.25, 0.3) is 5.91 Å². The summed E-state index contributed by atoms with van der Waals surface area (Å²) in [6.45, 7) is 2.51. The molecule has 1 amide bonds. The summed E-state index contributed by atoms with van der Waals surface area (Å²) in [5, 5.41) is 3.02. The number of nitrogens with one attached hydrogen (secondary N) is 1. The van der Waals surface area contributed by atoms with Crippen molar-refractivity contribution in [2.24, 2.45) is 0 Å². The van der Waals surface area contributed by atoms with Crippen LogP contribution in [0.4, 0.5) is 0 Å². The van der Waals surface area contributed by atoms with Gasteiger partial charge in [-0.3, -0.25) is 4.79 Å². The molecule has 2 aliphatic carbocycles. The number of hydrogen-bond donors (Lipinski definition) is 1. The molecule has 1 aromatic carbocycles. The maximum atomic E-state index is 12.3. The van der Waals surface area contributed by atoms with Crippen molar-refractivity contribution in [1.29, 1.82) is 0 Å². The number of carbonyl (C=O) groups is 1. The average Bonchev–Trinajstić information content (AvgIpc) is 2.61. The van der Waals surface area contributed by atoms with Crippen LogP contribution in [0, 0.1) is 0 Å². The maximum Gasteiger partial charge on any atom is 0.261 e. The van der Waals surface area contributed by atoms with E-state index in [0.717, 1.165) is 31.4 Å². The van der Waals surface area contributed by atoms with Gasteiger partial charge in [0.05, 0.1) is 0 Å². The number of amides is 1. The van der Waals surface area contributed by atoms with E-state index < -0.39 is 6.10 Å². The molecule has 0 fully saturated rings. The Labute approximate surface area is 139 Å². The van der Waals surface area contributed by atoms with Crippen LogP contribution in [0.1, 0.15) is 56.6 Å². The summed E-state index contributed by atoms with van der Waals surface area (Å²) in [5.74, 6) is 0.867. The number of fused-ring (bicyclic) bond motifs is 1. The number of allylic oxidation sites excluding steroid dienone is 1. The van der Waals surface area contributed by atoms with Crippen molar-refractivity contribution in [2.75, 3.05) is 6.54 Å². The van der Waals surface area contributed by atoms with E-state index in [9.17, 15) is 4.79 Å². The van der Waals surface area contributed by atoms with Crippen LogP contribution >= 0.6 is 0 Å². The second-order valence-corrected chi connectivity index (χ2v) is 6.69. The van der Waals surface area contributed by atoms with Gasteiger partial charge in [0.15, 0.2) is 6.10 Å². The number of carbonyl (C=O) groups excluding carboxylic acids is 1. The molecular weight excluding hydrogens is 286 g/mol. The van der Waals surface area contributed by atoms with E-state index in [1.54, 1.807) is 0 Å². The van der Waals surface area contributed by atoms with Crippen molar-refractivity contribution < 1.29 is 9.53 Å². The first kappa shape index (κ1) is 16.1. The molecule has 124 valence electrons. The van der Waals surface area contributed by atoms with Gasteiger partial charge in [-0.15, -0.1) is 0 Å². The molecule has 0 radical (unpaired) electrons. The smallest absolute Gasteiger partial charge is 0.261 e. The SMILES string of the molecule is CC(Oc1cccc2c1CCCC2)C(=O)NCC1=CCCCC1. The lowest BCUT2D eigenvalue weighted by molar-refractivity contribution is -0.127. The maximum absolute atomic E-state index is 12.3. The van der Waals surface area contributed by atoms with E-state index in [1.807, 2.05) is 19.1 Å². The van der Waals surface area contributed by atoms with Crippen LogP contribution in [0.15, 0.2) is 29.8 Å². The largest absolute Gasteiger partial charge is 0.481 e. The Morgan fingerprint density at radius 1 is 1.17 bits per heavy atom. The Morgan fingerprint density at radius 3 is 2.83 bits per heavy atom. The van der Waals surface area contributed by atoms with Gasteiger partial charge in [-0.1, -0.05) is 23.8 Å². The summed E-state index contributed by atoms with van der Waals surface area (Å²) in [7, 11) is 0. The molecule has 1 unspecified atom stereocenters. The van der Waals surface area contributed by atoms with Gasteiger partial charge in [0, 0.05) is 6.54 Å². The fraction of sp³-hybridized carbons (Fsp3) is 0.550. The van der Waals surface area contributed by atoms with Gasteiger partial charge in [0.1, 0.15) is 5.75 Å². The van der Waals surface area contributed by atoms with Gasteiger partial charge in [-0.05, 0) is 75.5 Å². The normalized spacial score (nSPS) is 18.6. The average molecular weight is 313 g/mol. The predicted octanol–water partition coefficient (Wildman–Crippen LogP) is 3.95. The number of benzene rings is 1. The summed E-state index contributed by atoms with van der Waals surface area (Å²) in [6, 6.07) is 6.22. The van der Waals surface area contributed by atoms with Crippen molar-refractivity contribution >= 4 is 5.91 Å². The van der Waals surface area contributed by atoms with Crippen LogP contribution in [-0.2, 0) is 17.6 Å². The second-order valence-electron chi connectivity index (χ2n) is 6.69. The second kappa shape index (κ2) is 7.67. The third-order valence-electron chi connectivity index (χ3n) is 4.90.